The number of ketones is 1. The van der Waals surface area contributed by atoms with Gasteiger partial charge in [0.1, 0.15) is 5.92 Å². The van der Waals surface area contributed by atoms with E-state index < -0.39 is 5.92 Å². The predicted molar refractivity (Wildman–Crippen MR) is 111 cm³/mol. The molecule has 2 atom stereocenters. The molecule has 4 nitrogen and oxygen atoms in total. The van der Waals surface area contributed by atoms with Gasteiger partial charge in [-0.2, -0.15) is 0 Å². The molecule has 144 valence electrons. The molecule has 1 aromatic carbocycles. The van der Waals surface area contributed by atoms with Crippen LogP contribution in [0.25, 0.3) is 0 Å². The molecule has 0 spiro atoms. The lowest BCUT2D eigenvalue weighted by Crippen LogP contribution is -2.37. The van der Waals surface area contributed by atoms with Crippen LogP contribution >= 0.6 is 11.3 Å². The molecule has 28 heavy (non-hydrogen) atoms. The fourth-order valence-electron chi connectivity index (χ4n) is 4.09. The monoisotopic (exact) mass is 393 g/mol. The number of carbonyl (C=O) groups excluding carboxylic acids is 2. The van der Waals surface area contributed by atoms with Gasteiger partial charge in [-0.15, -0.1) is 11.3 Å². The Morgan fingerprint density at radius 2 is 2.00 bits per heavy atom. The number of nitrogens with zero attached hydrogens (tertiary/aromatic N) is 1. The van der Waals surface area contributed by atoms with Crippen LogP contribution in [0.5, 0.6) is 0 Å². The summed E-state index contributed by atoms with van der Waals surface area (Å²) in [4.78, 5) is 31.5. The fourth-order valence-corrected chi connectivity index (χ4v) is 4.96. The van der Waals surface area contributed by atoms with Gasteiger partial charge in [0, 0.05) is 40.6 Å². The first kappa shape index (κ1) is 18.8. The quantitative estimate of drug-likeness (QED) is 0.691. The first-order valence-electron chi connectivity index (χ1n) is 9.70. The van der Waals surface area contributed by atoms with Crippen LogP contribution in [0, 0.1) is 5.92 Å². The molecule has 2 aliphatic rings. The van der Waals surface area contributed by atoms with Crippen molar-refractivity contribution in [2.24, 2.45) is 10.9 Å². The van der Waals surface area contributed by atoms with E-state index in [0.29, 0.717) is 19.4 Å². The van der Waals surface area contributed by atoms with E-state index >= 15 is 0 Å². The van der Waals surface area contributed by atoms with Gasteiger partial charge in [0.15, 0.2) is 5.78 Å². The van der Waals surface area contributed by atoms with Gasteiger partial charge in [-0.1, -0.05) is 36.4 Å². The molecule has 2 unspecified atom stereocenters. The smallest absolute Gasteiger partial charge is 0.315 e. The van der Waals surface area contributed by atoms with Crippen molar-refractivity contribution in [2.75, 3.05) is 6.61 Å². The van der Waals surface area contributed by atoms with Gasteiger partial charge in [-0.25, -0.2) is 0 Å². The molecular weight excluding hydrogens is 370 g/mol. The molecule has 0 N–H and O–H groups in total. The zero-order valence-corrected chi connectivity index (χ0v) is 16.7. The minimum atomic E-state index is -0.532. The molecule has 0 amide bonds. The first-order valence-corrected chi connectivity index (χ1v) is 10.6. The number of hydrogen-bond acceptors (Lipinski definition) is 5. The molecule has 0 saturated heterocycles. The first-order chi connectivity index (χ1) is 13.6. The third kappa shape index (κ3) is 3.72. The number of esters is 1. The van der Waals surface area contributed by atoms with E-state index in [1.807, 2.05) is 54.8 Å². The summed E-state index contributed by atoms with van der Waals surface area (Å²) >= 11 is 1.58. The lowest BCUT2D eigenvalue weighted by atomic mass is 9.74. The maximum atomic E-state index is 13.1. The van der Waals surface area contributed by atoms with Crippen molar-refractivity contribution >= 4 is 28.8 Å². The molecular formula is C23H23NO3S. The summed E-state index contributed by atoms with van der Waals surface area (Å²) in [5.74, 6) is -0.974. The van der Waals surface area contributed by atoms with Gasteiger partial charge in [0.2, 0.25) is 0 Å². The molecule has 1 aromatic heterocycles. The lowest BCUT2D eigenvalue weighted by molar-refractivity contribution is -0.146. The van der Waals surface area contributed by atoms with Crippen LogP contribution in [0.1, 0.15) is 42.5 Å². The van der Waals surface area contributed by atoms with E-state index in [-0.39, 0.29) is 17.7 Å². The van der Waals surface area contributed by atoms with Crippen molar-refractivity contribution in [3.8, 4) is 0 Å². The Labute approximate surface area is 169 Å². The third-order valence-corrected chi connectivity index (χ3v) is 6.37. The van der Waals surface area contributed by atoms with Crippen LogP contribution in [-0.2, 0) is 20.7 Å². The van der Waals surface area contributed by atoms with Gasteiger partial charge in [-0.05, 0) is 36.8 Å². The summed E-state index contributed by atoms with van der Waals surface area (Å²) in [6.07, 6.45) is 2.84. The number of hydrogen-bond donors (Lipinski definition) is 0. The van der Waals surface area contributed by atoms with Crippen molar-refractivity contribution < 1.29 is 14.3 Å². The highest BCUT2D eigenvalue weighted by molar-refractivity contribution is 7.10. The Bertz CT molecular complexity index is 928. The highest BCUT2D eigenvalue weighted by atomic mass is 32.1. The number of thiophene rings is 1. The largest absolute Gasteiger partial charge is 0.465 e. The summed E-state index contributed by atoms with van der Waals surface area (Å²) in [6.45, 7) is 2.20. The molecule has 0 fully saturated rings. The third-order valence-electron chi connectivity index (χ3n) is 5.42. The van der Waals surface area contributed by atoms with E-state index in [2.05, 4.69) is 4.99 Å². The summed E-state index contributed by atoms with van der Waals surface area (Å²) in [5, 5.41) is 1.99. The van der Waals surface area contributed by atoms with Crippen molar-refractivity contribution in [1.29, 1.82) is 0 Å². The molecule has 0 saturated carbocycles. The number of Topliss-reactive ketones (excluding diaryl/α,β-unsaturated/α-hetero) is 1. The van der Waals surface area contributed by atoms with Gasteiger partial charge in [0.05, 0.1) is 6.61 Å². The number of ether oxygens (including phenoxy) is 1. The van der Waals surface area contributed by atoms with Crippen LogP contribution in [-0.4, -0.2) is 24.1 Å². The van der Waals surface area contributed by atoms with Gasteiger partial charge in [0.25, 0.3) is 0 Å². The maximum Gasteiger partial charge on any atom is 0.315 e. The van der Waals surface area contributed by atoms with Crippen LogP contribution in [0.2, 0.25) is 0 Å². The Morgan fingerprint density at radius 1 is 1.18 bits per heavy atom. The number of benzene rings is 1. The Morgan fingerprint density at radius 3 is 2.75 bits per heavy atom. The van der Waals surface area contributed by atoms with Crippen LogP contribution in [0.4, 0.5) is 0 Å². The molecule has 1 aliphatic heterocycles. The Balaban J connectivity index is 1.58. The highest BCUT2D eigenvalue weighted by Gasteiger charge is 2.43. The predicted octanol–water partition coefficient (Wildman–Crippen LogP) is 4.72. The molecule has 0 radical (unpaired) electrons. The zero-order chi connectivity index (χ0) is 19.5. The second-order valence-electron chi connectivity index (χ2n) is 7.26. The van der Waals surface area contributed by atoms with Crippen molar-refractivity contribution in [1.82, 2.24) is 0 Å². The number of allylic oxidation sites excluding steroid dienone is 2. The molecule has 2 heterocycles. The Kier molecular flexibility index (Phi) is 5.53. The fraction of sp³-hybridized carbons (Fsp3) is 0.348. The van der Waals surface area contributed by atoms with E-state index in [9.17, 15) is 9.59 Å². The van der Waals surface area contributed by atoms with E-state index in [4.69, 9.17) is 4.74 Å². The highest BCUT2D eigenvalue weighted by Crippen LogP contribution is 2.44. The summed E-state index contributed by atoms with van der Waals surface area (Å²) in [7, 11) is 0. The van der Waals surface area contributed by atoms with Gasteiger partial charge in [-0.3, -0.25) is 14.6 Å². The molecule has 0 bridgehead atoms. The van der Waals surface area contributed by atoms with Crippen LogP contribution < -0.4 is 0 Å². The molecule has 2 aromatic rings. The standard InChI is InChI=1S/C23H23NO3S/c1-15-20(23(26)27-13-12-16-7-3-2-4-8-16)22(19-11-6-14-28-19)21-17(24-15)9-5-10-18(21)25/h2-4,6-8,11,14,20,22H,5,9-10,12-13H2,1H3. The van der Waals surface area contributed by atoms with Crippen molar-refractivity contribution in [3.63, 3.8) is 0 Å². The number of rotatable bonds is 5. The zero-order valence-electron chi connectivity index (χ0n) is 15.9. The summed E-state index contributed by atoms with van der Waals surface area (Å²) < 4.78 is 5.65. The minimum absolute atomic E-state index is 0.123. The second kappa shape index (κ2) is 8.23. The summed E-state index contributed by atoms with van der Waals surface area (Å²) in [6, 6.07) is 13.9. The Hall–Kier alpha value is -2.53. The second-order valence-corrected chi connectivity index (χ2v) is 8.24. The normalized spacial score (nSPS) is 21.9. The molecule has 4 rings (SSSR count). The van der Waals surface area contributed by atoms with E-state index in [1.54, 1.807) is 11.3 Å². The molecule has 1 aliphatic carbocycles. The van der Waals surface area contributed by atoms with Crippen LogP contribution in [0.15, 0.2) is 64.1 Å². The topological polar surface area (TPSA) is 55.7 Å². The number of carbonyl (C=O) groups is 2. The summed E-state index contributed by atoms with van der Waals surface area (Å²) in [5.41, 5.74) is 3.47. The van der Waals surface area contributed by atoms with Crippen LogP contribution in [0.3, 0.4) is 0 Å². The van der Waals surface area contributed by atoms with Gasteiger partial charge >= 0.3 is 5.97 Å². The van der Waals surface area contributed by atoms with E-state index in [0.717, 1.165) is 40.3 Å². The van der Waals surface area contributed by atoms with Crippen molar-refractivity contribution in [3.05, 3.63) is 69.6 Å². The van der Waals surface area contributed by atoms with E-state index in [1.165, 1.54) is 0 Å². The van der Waals surface area contributed by atoms with Gasteiger partial charge < -0.3 is 4.74 Å². The number of aliphatic imine (C=N–C) groups is 1. The minimum Gasteiger partial charge on any atom is -0.465 e. The maximum absolute atomic E-state index is 13.1. The lowest BCUT2D eigenvalue weighted by Gasteiger charge is -2.33. The SMILES string of the molecule is CC1=NC2=C(C(=O)CCC2)C(c2cccs2)C1C(=O)OCCc1ccccc1. The average Bonchev–Trinajstić information content (AvgIpc) is 3.22. The van der Waals surface area contributed by atoms with Crippen molar-refractivity contribution in [2.45, 2.75) is 38.5 Å². The average molecular weight is 394 g/mol. The molecule has 5 heteroatoms.